The number of aromatic nitrogens is 2. The van der Waals surface area contributed by atoms with Crippen molar-refractivity contribution in [3.05, 3.63) is 40.7 Å². The van der Waals surface area contributed by atoms with Crippen LogP contribution in [0.1, 0.15) is 23.2 Å². The Balaban J connectivity index is 1.75. The molecule has 2 amide bonds. The normalized spacial score (nSPS) is 10.3. The Hall–Kier alpha value is -2.06. The minimum absolute atomic E-state index is 0.0479. The Kier molecular flexibility index (Phi) is 5.79. The molecule has 0 saturated heterocycles. The van der Waals surface area contributed by atoms with Crippen molar-refractivity contribution in [2.45, 2.75) is 18.6 Å². The van der Waals surface area contributed by atoms with Gasteiger partial charge in [0.1, 0.15) is 0 Å². The van der Waals surface area contributed by atoms with Crippen molar-refractivity contribution in [2.24, 2.45) is 0 Å². The van der Waals surface area contributed by atoms with Crippen LogP contribution >= 0.6 is 23.4 Å². The Morgan fingerprint density at radius 1 is 1.23 bits per heavy atom. The molecule has 0 bridgehead atoms. The van der Waals surface area contributed by atoms with E-state index in [1.165, 1.54) is 0 Å². The number of rotatable bonds is 5. The second-order valence-corrected chi connectivity index (χ2v) is 5.48. The first-order valence-electron chi connectivity index (χ1n) is 6.38. The van der Waals surface area contributed by atoms with Gasteiger partial charge < -0.3 is 4.42 Å². The molecule has 2 aromatic rings. The predicted molar refractivity (Wildman–Crippen MR) is 81.5 cm³/mol. The van der Waals surface area contributed by atoms with Gasteiger partial charge >= 0.3 is 0 Å². The summed E-state index contributed by atoms with van der Waals surface area (Å²) in [6.07, 6.45) is 0.636. The van der Waals surface area contributed by atoms with E-state index in [1.807, 2.05) is 6.92 Å². The number of hydrogen-bond donors (Lipinski definition) is 2. The number of nitrogens with zero attached hydrogens (tertiary/aromatic N) is 2. The van der Waals surface area contributed by atoms with Gasteiger partial charge in [-0.15, -0.1) is 10.2 Å². The molecule has 22 heavy (non-hydrogen) atoms. The zero-order chi connectivity index (χ0) is 15.9. The number of nitrogens with one attached hydrogen (secondary N) is 2. The fourth-order valence-electron chi connectivity index (χ4n) is 1.40. The van der Waals surface area contributed by atoms with Gasteiger partial charge in [0, 0.05) is 17.0 Å². The lowest BCUT2D eigenvalue weighted by molar-refractivity contribution is -0.119. The van der Waals surface area contributed by atoms with Gasteiger partial charge in [0.15, 0.2) is 0 Å². The molecule has 1 heterocycles. The van der Waals surface area contributed by atoms with Crippen LogP contribution in [0.25, 0.3) is 0 Å². The first kappa shape index (κ1) is 16.3. The van der Waals surface area contributed by atoms with E-state index in [9.17, 15) is 9.59 Å². The highest BCUT2D eigenvalue weighted by Crippen LogP contribution is 2.15. The maximum Gasteiger partial charge on any atom is 0.277 e. The molecule has 0 aliphatic carbocycles. The molecule has 116 valence electrons. The lowest BCUT2D eigenvalue weighted by atomic mass is 10.2. The summed E-state index contributed by atoms with van der Waals surface area (Å²) in [4.78, 5) is 23.4. The van der Waals surface area contributed by atoms with Crippen LogP contribution < -0.4 is 10.9 Å². The van der Waals surface area contributed by atoms with Gasteiger partial charge in [-0.1, -0.05) is 30.3 Å². The maximum absolute atomic E-state index is 11.8. The number of hydrogen-bond acceptors (Lipinski definition) is 6. The monoisotopic (exact) mass is 340 g/mol. The number of carbonyl (C=O) groups excluding carboxylic acids is 2. The quantitative estimate of drug-likeness (QED) is 0.636. The summed E-state index contributed by atoms with van der Waals surface area (Å²) in [5, 5.41) is 8.41. The maximum atomic E-state index is 11.8. The fraction of sp³-hybridized carbons (Fsp3) is 0.231. The number of hydrazine groups is 1. The number of carbonyl (C=O) groups is 2. The highest BCUT2D eigenvalue weighted by molar-refractivity contribution is 7.99. The van der Waals surface area contributed by atoms with Crippen molar-refractivity contribution >= 4 is 35.2 Å². The van der Waals surface area contributed by atoms with Crippen LogP contribution in [0.15, 0.2) is 33.9 Å². The molecule has 0 fully saturated rings. The van der Waals surface area contributed by atoms with E-state index in [0.29, 0.717) is 28.1 Å². The van der Waals surface area contributed by atoms with Crippen molar-refractivity contribution in [3.63, 3.8) is 0 Å². The molecular weight excluding hydrogens is 328 g/mol. The summed E-state index contributed by atoms with van der Waals surface area (Å²) in [5.41, 5.74) is 5.00. The Morgan fingerprint density at radius 2 is 1.95 bits per heavy atom. The molecule has 0 unspecified atom stereocenters. The number of benzene rings is 1. The van der Waals surface area contributed by atoms with E-state index >= 15 is 0 Å². The third kappa shape index (κ3) is 4.74. The van der Waals surface area contributed by atoms with Crippen LogP contribution in [0.5, 0.6) is 0 Å². The van der Waals surface area contributed by atoms with Crippen molar-refractivity contribution in [1.29, 1.82) is 0 Å². The minimum atomic E-state index is -0.430. The predicted octanol–water partition coefficient (Wildman–Crippen LogP) is 1.84. The SMILES string of the molecule is CCc1nnc(SCC(=O)NNC(=O)c2ccc(Cl)cc2)o1. The van der Waals surface area contributed by atoms with E-state index in [4.69, 9.17) is 16.0 Å². The van der Waals surface area contributed by atoms with Crippen molar-refractivity contribution < 1.29 is 14.0 Å². The van der Waals surface area contributed by atoms with Gasteiger partial charge in [-0.3, -0.25) is 20.4 Å². The number of halogens is 1. The molecule has 0 radical (unpaired) electrons. The van der Waals surface area contributed by atoms with Crippen LogP contribution in [-0.4, -0.2) is 27.8 Å². The second kappa shape index (κ2) is 7.81. The number of amides is 2. The van der Waals surface area contributed by atoms with Gasteiger partial charge in [0.05, 0.1) is 5.75 Å². The summed E-state index contributed by atoms with van der Waals surface area (Å²) in [6.45, 7) is 1.89. The number of thioether (sulfide) groups is 1. The van der Waals surface area contributed by atoms with Crippen LogP contribution in [-0.2, 0) is 11.2 Å². The van der Waals surface area contributed by atoms with Gasteiger partial charge in [0.2, 0.25) is 11.8 Å². The largest absolute Gasteiger partial charge is 0.416 e. The standard InChI is InChI=1S/C13H13ClN4O3S/c1-2-11-16-18-13(21-11)22-7-10(19)15-17-12(20)8-3-5-9(14)6-4-8/h3-6H,2,7H2,1H3,(H,15,19)(H,17,20). The molecular formula is C13H13ClN4O3S. The average molecular weight is 341 g/mol. The zero-order valence-corrected chi connectivity index (χ0v) is 13.2. The Morgan fingerprint density at radius 3 is 2.59 bits per heavy atom. The molecule has 0 spiro atoms. The lowest BCUT2D eigenvalue weighted by Crippen LogP contribution is -2.42. The summed E-state index contributed by atoms with van der Waals surface area (Å²) in [5.74, 6) is -0.254. The highest BCUT2D eigenvalue weighted by atomic mass is 35.5. The van der Waals surface area contributed by atoms with E-state index in [0.717, 1.165) is 11.8 Å². The minimum Gasteiger partial charge on any atom is -0.416 e. The fourth-order valence-corrected chi connectivity index (χ4v) is 2.11. The molecule has 0 aliphatic rings. The number of aryl methyl sites for hydroxylation is 1. The van der Waals surface area contributed by atoms with Gasteiger partial charge in [-0.05, 0) is 24.3 Å². The van der Waals surface area contributed by atoms with Crippen molar-refractivity contribution in [2.75, 3.05) is 5.75 Å². The summed E-state index contributed by atoms with van der Waals surface area (Å²) < 4.78 is 5.25. The third-order valence-corrected chi connectivity index (χ3v) is 3.57. The lowest BCUT2D eigenvalue weighted by Gasteiger charge is -2.06. The van der Waals surface area contributed by atoms with Crippen LogP contribution in [0.3, 0.4) is 0 Å². The van der Waals surface area contributed by atoms with Crippen LogP contribution in [0.4, 0.5) is 0 Å². The molecule has 1 aromatic heterocycles. The molecule has 2 rings (SSSR count). The van der Waals surface area contributed by atoms with E-state index in [1.54, 1.807) is 24.3 Å². The first-order chi connectivity index (χ1) is 10.6. The summed E-state index contributed by atoms with van der Waals surface area (Å²) in [6, 6.07) is 6.30. The van der Waals surface area contributed by atoms with E-state index < -0.39 is 5.91 Å². The van der Waals surface area contributed by atoms with Crippen molar-refractivity contribution in [3.8, 4) is 0 Å². The zero-order valence-electron chi connectivity index (χ0n) is 11.6. The van der Waals surface area contributed by atoms with E-state index in [-0.39, 0.29) is 11.7 Å². The van der Waals surface area contributed by atoms with E-state index in [2.05, 4.69) is 21.0 Å². The van der Waals surface area contributed by atoms with Crippen LogP contribution in [0.2, 0.25) is 5.02 Å². The molecule has 0 aliphatic heterocycles. The van der Waals surface area contributed by atoms with Gasteiger partial charge in [-0.2, -0.15) is 0 Å². The summed E-state index contributed by atoms with van der Waals surface area (Å²) >= 11 is 6.82. The molecule has 9 heteroatoms. The summed E-state index contributed by atoms with van der Waals surface area (Å²) in [7, 11) is 0. The Bertz CT molecular complexity index is 660. The molecule has 1 aromatic carbocycles. The molecule has 0 atom stereocenters. The molecule has 2 N–H and O–H groups in total. The Labute approximate surface area is 135 Å². The molecule has 7 nitrogen and oxygen atoms in total. The smallest absolute Gasteiger partial charge is 0.277 e. The van der Waals surface area contributed by atoms with Crippen LogP contribution in [0, 0.1) is 0 Å². The molecule has 0 saturated carbocycles. The first-order valence-corrected chi connectivity index (χ1v) is 7.74. The highest BCUT2D eigenvalue weighted by Gasteiger charge is 2.10. The van der Waals surface area contributed by atoms with Gasteiger partial charge in [0.25, 0.3) is 11.1 Å². The topological polar surface area (TPSA) is 97.1 Å². The van der Waals surface area contributed by atoms with Gasteiger partial charge in [-0.25, -0.2) is 0 Å². The third-order valence-electron chi connectivity index (χ3n) is 2.50. The average Bonchev–Trinajstić information content (AvgIpc) is 2.99. The second-order valence-electron chi connectivity index (χ2n) is 4.11. The van der Waals surface area contributed by atoms with Crippen molar-refractivity contribution in [1.82, 2.24) is 21.0 Å².